The van der Waals surface area contributed by atoms with Gasteiger partial charge in [0.1, 0.15) is 6.54 Å². The number of carbonyl (C=O) groups is 2. The molecule has 0 heterocycles. The molecule has 0 radical (unpaired) electrons. The van der Waals surface area contributed by atoms with Crippen LogP contribution in [0.3, 0.4) is 0 Å². The number of hydroxylamine groups is 1. The molecule has 4 rings (SSSR count). The summed E-state index contributed by atoms with van der Waals surface area (Å²) in [6, 6.07) is 0. The molecular weight excluding hydrogens is 502 g/mol. The minimum atomic E-state index is -4.61. The molecule has 0 unspecified atom stereocenters. The summed E-state index contributed by atoms with van der Waals surface area (Å²) in [7, 11) is -4.61. The first kappa shape index (κ1) is 28.7. The summed E-state index contributed by atoms with van der Waals surface area (Å²) in [5.74, 6) is -1.03. The second-order valence-corrected chi connectivity index (χ2v) is 13.6. The lowest BCUT2D eigenvalue weighted by molar-refractivity contribution is -0.196. The number of rotatable bonds is 9. The number of aliphatic carboxylic acids is 1. The minimum Gasteiger partial charge on any atom is -0.480 e. The molecule has 37 heavy (non-hydrogen) atoms. The molecule has 4 N–H and O–H groups in total. The summed E-state index contributed by atoms with van der Waals surface area (Å²) in [6.45, 7) is 6.03. The van der Waals surface area contributed by atoms with E-state index in [1.165, 1.54) is 0 Å². The molecule has 0 spiro atoms. The standard InChI is InChI=1S/C26H43NO9S/c1-15(7-10-23(31)35-27-14-22(29)30)17-8-9-18-24-19(13-21(28)26(17,18)3)25(2)11-5-4-6-16(25)12-20(24)36-37(32,33)34/h15-21,24,27-28H,4-14H2,1-3H3,(H,29,30)(H,32,33,34)/t15-,16+,17-,18+,19+,20-,21+,24+,25+,26-/m1/s1. The van der Waals surface area contributed by atoms with E-state index in [4.69, 9.17) is 14.1 Å². The molecule has 4 aliphatic carbocycles. The number of carbonyl (C=O) groups excluding carboxylic acids is 1. The van der Waals surface area contributed by atoms with Crippen molar-refractivity contribution in [2.75, 3.05) is 6.54 Å². The number of carboxylic acids is 1. The molecule has 0 bridgehead atoms. The van der Waals surface area contributed by atoms with Crippen LogP contribution in [0.1, 0.15) is 85.0 Å². The summed E-state index contributed by atoms with van der Waals surface area (Å²) in [5.41, 5.74) is 1.69. The fraction of sp³-hybridized carbons (Fsp3) is 0.923. The summed E-state index contributed by atoms with van der Waals surface area (Å²) in [4.78, 5) is 27.5. The Morgan fingerprint density at radius 3 is 2.51 bits per heavy atom. The summed E-state index contributed by atoms with van der Waals surface area (Å²) < 4.78 is 38.8. The molecule has 10 nitrogen and oxygen atoms in total. The third-order valence-corrected chi connectivity index (χ3v) is 11.4. The van der Waals surface area contributed by atoms with Crippen molar-refractivity contribution in [3.05, 3.63) is 0 Å². The number of carboxylic acid groups (broad SMARTS) is 1. The fourth-order valence-corrected chi connectivity index (χ4v) is 9.71. The van der Waals surface area contributed by atoms with Gasteiger partial charge >= 0.3 is 22.3 Å². The SMILES string of the molecule is C[C@H](CCC(=O)ONCC(=O)O)[C@H]1CC[C@H]2[C@@H]3[C@H](OS(=O)(=O)O)C[C@@H]4CCCC[C@]4(C)[C@H]3C[C@H](O)[C@]12C. The molecule has 4 aliphatic rings. The zero-order valence-corrected chi connectivity index (χ0v) is 22.9. The molecule has 11 heteroatoms. The molecule has 0 aromatic rings. The molecule has 212 valence electrons. The normalized spacial score (nSPS) is 42.2. The molecule has 0 aromatic carbocycles. The lowest BCUT2D eigenvalue weighted by atomic mass is 9.43. The van der Waals surface area contributed by atoms with Gasteiger partial charge in [0.05, 0.1) is 12.2 Å². The van der Waals surface area contributed by atoms with Crippen molar-refractivity contribution in [1.82, 2.24) is 5.48 Å². The number of nitrogens with one attached hydrogen (secondary N) is 1. The Morgan fingerprint density at radius 2 is 1.84 bits per heavy atom. The van der Waals surface area contributed by atoms with Gasteiger partial charge < -0.3 is 15.1 Å². The first-order valence-electron chi connectivity index (χ1n) is 13.8. The van der Waals surface area contributed by atoms with E-state index in [1.54, 1.807) is 0 Å². The molecular formula is C26H43NO9S. The molecule has 4 fully saturated rings. The van der Waals surface area contributed by atoms with Crippen LogP contribution in [0, 0.1) is 46.3 Å². The number of hydrogen-bond acceptors (Lipinski definition) is 8. The van der Waals surface area contributed by atoms with Crippen LogP contribution in [0.4, 0.5) is 0 Å². The Kier molecular flexibility index (Phi) is 8.32. The van der Waals surface area contributed by atoms with E-state index in [9.17, 15) is 27.7 Å². The Labute approximate surface area is 219 Å². The van der Waals surface area contributed by atoms with Crippen LogP contribution in [0.25, 0.3) is 0 Å². The van der Waals surface area contributed by atoms with Crippen LogP contribution in [0.5, 0.6) is 0 Å². The van der Waals surface area contributed by atoms with Crippen LogP contribution in [0.15, 0.2) is 0 Å². The Balaban J connectivity index is 1.53. The molecule has 0 aliphatic heterocycles. The topological polar surface area (TPSA) is 159 Å². The van der Waals surface area contributed by atoms with Gasteiger partial charge in [-0.1, -0.05) is 33.6 Å². The summed E-state index contributed by atoms with van der Waals surface area (Å²) in [6.07, 6.45) is 6.70. The predicted octanol–water partition coefficient (Wildman–Crippen LogP) is 3.35. The van der Waals surface area contributed by atoms with Crippen LogP contribution < -0.4 is 5.48 Å². The van der Waals surface area contributed by atoms with Gasteiger partial charge in [0.15, 0.2) is 0 Å². The third kappa shape index (κ3) is 5.57. The van der Waals surface area contributed by atoms with Crippen molar-refractivity contribution < 1.29 is 41.8 Å². The first-order chi connectivity index (χ1) is 17.3. The van der Waals surface area contributed by atoms with Gasteiger partial charge in [-0.25, -0.2) is 4.18 Å². The number of hydrogen-bond donors (Lipinski definition) is 4. The lowest BCUT2D eigenvalue weighted by Gasteiger charge is -2.63. The van der Waals surface area contributed by atoms with Crippen LogP contribution in [0.2, 0.25) is 0 Å². The van der Waals surface area contributed by atoms with E-state index in [0.717, 1.165) is 38.5 Å². The zero-order chi connectivity index (χ0) is 27.2. The molecule has 10 atom stereocenters. The second kappa shape index (κ2) is 10.7. The molecule has 0 amide bonds. The maximum absolute atomic E-state index is 12.1. The van der Waals surface area contributed by atoms with Crippen LogP contribution in [-0.2, 0) is 29.0 Å². The monoisotopic (exact) mass is 545 g/mol. The summed E-state index contributed by atoms with van der Waals surface area (Å²) >= 11 is 0. The van der Waals surface area contributed by atoms with Gasteiger partial charge in [0.2, 0.25) is 0 Å². The maximum atomic E-state index is 12.1. The van der Waals surface area contributed by atoms with E-state index >= 15 is 0 Å². The molecule has 0 saturated heterocycles. The fourth-order valence-electron chi connectivity index (χ4n) is 9.19. The zero-order valence-electron chi connectivity index (χ0n) is 22.1. The highest BCUT2D eigenvalue weighted by Crippen LogP contribution is 2.68. The van der Waals surface area contributed by atoms with E-state index in [0.29, 0.717) is 25.2 Å². The van der Waals surface area contributed by atoms with Crippen molar-refractivity contribution in [3.8, 4) is 0 Å². The second-order valence-electron chi connectivity index (χ2n) is 12.5. The average Bonchev–Trinajstić information content (AvgIpc) is 3.16. The lowest BCUT2D eigenvalue weighted by Crippen LogP contribution is -2.62. The van der Waals surface area contributed by atoms with Crippen molar-refractivity contribution >= 4 is 22.3 Å². The highest BCUT2D eigenvalue weighted by atomic mass is 32.3. The van der Waals surface area contributed by atoms with Gasteiger partial charge in [-0.15, -0.1) is 5.48 Å². The molecule has 4 saturated carbocycles. The van der Waals surface area contributed by atoms with E-state index in [-0.39, 0.29) is 41.4 Å². The van der Waals surface area contributed by atoms with E-state index in [2.05, 4.69) is 26.3 Å². The smallest absolute Gasteiger partial charge is 0.397 e. The van der Waals surface area contributed by atoms with Crippen molar-refractivity contribution in [3.63, 3.8) is 0 Å². The Bertz CT molecular complexity index is 973. The van der Waals surface area contributed by atoms with Crippen molar-refractivity contribution in [2.45, 2.75) is 97.2 Å². The predicted molar refractivity (Wildman–Crippen MR) is 133 cm³/mol. The largest absolute Gasteiger partial charge is 0.480 e. The van der Waals surface area contributed by atoms with Crippen molar-refractivity contribution in [1.29, 1.82) is 0 Å². The average molecular weight is 546 g/mol. The van der Waals surface area contributed by atoms with Crippen LogP contribution >= 0.6 is 0 Å². The number of aliphatic hydroxyl groups is 1. The first-order valence-corrected chi connectivity index (χ1v) is 15.1. The van der Waals surface area contributed by atoms with Gasteiger partial charge in [0, 0.05) is 6.42 Å². The number of fused-ring (bicyclic) bond motifs is 5. The van der Waals surface area contributed by atoms with Crippen molar-refractivity contribution in [2.24, 2.45) is 46.3 Å². The quantitative estimate of drug-likeness (QED) is 0.250. The van der Waals surface area contributed by atoms with Gasteiger partial charge in [-0.05, 0) is 91.3 Å². The Hall–Kier alpha value is -1.27. The maximum Gasteiger partial charge on any atom is 0.397 e. The molecule has 0 aromatic heterocycles. The third-order valence-electron chi connectivity index (χ3n) is 10.9. The summed E-state index contributed by atoms with van der Waals surface area (Å²) in [5, 5.41) is 20.4. The highest BCUT2D eigenvalue weighted by Gasteiger charge is 2.66. The van der Waals surface area contributed by atoms with Gasteiger partial charge in [-0.2, -0.15) is 8.42 Å². The Morgan fingerprint density at radius 1 is 1.11 bits per heavy atom. The van der Waals surface area contributed by atoms with Gasteiger partial charge in [0.25, 0.3) is 0 Å². The van der Waals surface area contributed by atoms with E-state index < -0.39 is 46.5 Å². The number of aliphatic hydroxyl groups excluding tert-OH is 1. The van der Waals surface area contributed by atoms with Crippen LogP contribution in [-0.4, -0.2) is 53.9 Å². The van der Waals surface area contributed by atoms with E-state index in [1.807, 2.05) is 0 Å². The highest BCUT2D eigenvalue weighted by molar-refractivity contribution is 7.80. The minimum absolute atomic E-state index is 0.0146. The van der Waals surface area contributed by atoms with Gasteiger partial charge in [-0.3, -0.25) is 14.1 Å².